The molecule has 0 aromatic carbocycles. The van der Waals surface area contributed by atoms with Gasteiger partial charge in [-0.2, -0.15) is 5.10 Å². The van der Waals surface area contributed by atoms with Crippen LogP contribution >= 0.6 is 0 Å². The molecule has 0 amide bonds. The van der Waals surface area contributed by atoms with Crippen molar-refractivity contribution in [1.29, 1.82) is 0 Å². The van der Waals surface area contributed by atoms with Crippen molar-refractivity contribution in [2.75, 3.05) is 32.7 Å². The summed E-state index contributed by atoms with van der Waals surface area (Å²) < 4.78 is 1.92. The number of rotatable bonds is 7. The van der Waals surface area contributed by atoms with Gasteiger partial charge >= 0.3 is 0 Å². The average Bonchev–Trinajstić information content (AvgIpc) is 2.67. The van der Waals surface area contributed by atoms with Crippen LogP contribution in [0.2, 0.25) is 0 Å². The van der Waals surface area contributed by atoms with E-state index in [9.17, 15) is 0 Å². The highest BCUT2D eigenvalue weighted by Crippen LogP contribution is 1.90. The summed E-state index contributed by atoms with van der Waals surface area (Å²) in [6.07, 6.45) is 3.75. The predicted octanol–water partition coefficient (Wildman–Crippen LogP) is -0.897. The van der Waals surface area contributed by atoms with E-state index in [4.69, 9.17) is 11.5 Å². The largest absolute Gasteiger partial charge is 0.329 e. The predicted molar refractivity (Wildman–Crippen MR) is 56.8 cm³/mol. The van der Waals surface area contributed by atoms with Gasteiger partial charge in [-0.15, -0.1) is 0 Å². The highest BCUT2D eigenvalue weighted by Gasteiger charge is 2.02. The molecule has 0 radical (unpaired) electrons. The zero-order chi connectivity index (χ0) is 10.2. The van der Waals surface area contributed by atoms with E-state index in [1.807, 2.05) is 16.9 Å². The molecule has 1 aromatic rings. The third-order valence-electron chi connectivity index (χ3n) is 2.10. The quantitative estimate of drug-likeness (QED) is 0.594. The molecule has 4 N–H and O–H groups in total. The Balaban J connectivity index is 2.25. The molecule has 1 rings (SSSR count). The summed E-state index contributed by atoms with van der Waals surface area (Å²) in [7, 11) is 0. The van der Waals surface area contributed by atoms with E-state index in [2.05, 4.69) is 10.00 Å². The average molecular weight is 197 g/mol. The van der Waals surface area contributed by atoms with Crippen LogP contribution < -0.4 is 11.5 Å². The van der Waals surface area contributed by atoms with Gasteiger partial charge in [0.15, 0.2) is 0 Å². The zero-order valence-corrected chi connectivity index (χ0v) is 8.47. The van der Waals surface area contributed by atoms with Crippen LogP contribution in [-0.4, -0.2) is 47.4 Å². The van der Waals surface area contributed by atoms with Gasteiger partial charge in [0, 0.05) is 45.1 Å². The fourth-order valence-corrected chi connectivity index (χ4v) is 1.38. The highest BCUT2D eigenvalue weighted by atomic mass is 15.3. The lowest BCUT2D eigenvalue weighted by Gasteiger charge is -2.20. The van der Waals surface area contributed by atoms with Crippen molar-refractivity contribution >= 4 is 0 Å². The molecule has 0 atom stereocenters. The number of hydrogen-bond acceptors (Lipinski definition) is 4. The molecular formula is C9H19N5. The van der Waals surface area contributed by atoms with Crippen molar-refractivity contribution in [3.8, 4) is 0 Å². The van der Waals surface area contributed by atoms with Crippen molar-refractivity contribution in [3.63, 3.8) is 0 Å². The van der Waals surface area contributed by atoms with Crippen LogP contribution in [0.4, 0.5) is 0 Å². The monoisotopic (exact) mass is 197 g/mol. The van der Waals surface area contributed by atoms with E-state index < -0.39 is 0 Å². The first kappa shape index (κ1) is 11.2. The first-order chi connectivity index (χ1) is 6.86. The summed E-state index contributed by atoms with van der Waals surface area (Å²) in [4.78, 5) is 2.25. The van der Waals surface area contributed by atoms with Crippen LogP contribution in [-0.2, 0) is 6.54 Å². The van der Waals surface area contributed by atoms with Crippen molar-refractivity contribution in [1.82, 2.24) is 14.7 Å². The van der Waals surface area contributed by atoms with E-state index in [1.165, 1.54) is 0 Å². The molecule has 0 aliphatic carbocycles. The molecule has 0 saturated carbocycles. The van der Waals surface area contributed by atoms with Crippen LogP contribution in [0.25, 0.3) is 0 Å². The van der Waals surface area contributed by atoms with Crippen molar-refractivity contribution in [3.05, 3.63) is 18.5 Å². The van der Waals surface area contributed by atoms with E-state index in [-0.39, 0.29) is 0 Å². The maximum absolute atomic E-state index is 5.50. The zero-order valence-electron chi connectivity index (χ0n) is 8.47. The van der Waals surface area contributed by atoms with Gasteiger partial charge in [-0.25, -0.2) is 0 Å². The molecule has 5 nitrogen and oxygen atoms in total. The topological polar surface area (TPSA) is 73.1 Å². The molecule has 0 spiro atoms. The Morgan fingerprint density at radius 2 is 1.86 bits per heavy atom. The number of aromatic nitrogens is 2. The van der Waals surface area contributed by atoms with Crippen LogP contribution in [0.3, 0.4) is 0 Å². The minimum absolute atomic E-state index is 0.680. The molecule has 0 aliphatic rings. The molecule has 1 aromatic heterocycles. The summed E-state index contributed by atoms with van der Waals surface area (Å²) >= 11 is 0. The molecule has 0 bridgehead atoms. The molecule has 0 fully saturated rings. The number of hydrogen-bond donors (Lipinski definition) is 2. The number of nitrogens with two attached hydrogens (primary N) is 2. The Kier molecular flexibility index (Phi) is 5.21. The van der Waals surface area contributed by atoms with E-state index in [0.717, 1.165) is 26.2 Å². The van der Waals surface area contributed by atoms with Gasteiger partial charge < -0.3 is 11.5 Å². The summed E-state index contributed by atoms with van der Waals surface area (Å²) in [5, 5.41) is 4.14. The fraction of sp³-hybridized carbons (Fsp3) is 0.667. The summed E-state index contributed by atoms with van der Waals surface area (Å²) in [5.41, 5.74) is 11.0. The number of nitrogens with zero attached hydrogens (tertiary/aromatic N) is 3. The maximum Gasteiger partial charge on any atom is 0.0536 e. The second kappa shape index (κ2) is 6.53. The summed E-state index contributed by atoms with van der Waals surface area (Å²) in [6, 6.07) is 1.93. The molecular weight excluding hydrogens is 178 g/mol. The smallest absolute Gasteiger partial charge is 0.0536 e. The maximum atomic E-state index is 5.50. The van der Waals surface area contributed by atoms with Gasteiger partial charge in [-0.3, -0.25) is 9.58 Å². The molecule has 0 unspecified atom stereocenters. The lowest BCUT2D eigenvalue weighted by Crippen LogP contribution is -2.36. The van der Waals surface area contributed by atoms with Crippen LogP contribution in [0.15, 0.2) is 18.5 Å². The Labute approximate surface area is 84.7 Å². The molecule has 0 aliphatic heterocycles. The summed E-state index contributed by atoms with van der Waals surface area (Å²) in [5.74, 6) is 0. The van der Waals surface area contributed by atoms with Crippen molar-refractivity contribution < 1.29 is 0 Å². The Morgan fingerprint density at radius 1 is 1.14 bits per heavy atom. The molecule has 1 heterocycles. The van der Waals surface area contributed by atoms with Gasteiger partial charge in [0.05, 0.1) is 6.54 Å². The molecule has 5 heteroatoms. The minimum Gasteiger partial charge on any atom is -0.329 e. The molecule has 14 heavy (non-hydrogen) atoms. The first-order valence-electron chi connectivity index (χ1n) is 4.96. The van der Waals surface area contributed by atoms with Gasteiger partial charge in [0.1, 0.15) is 0 Å². The third kappa shape index (κ3) is 3.87. The Morgan fingerprint density at radius 3 is 2.36 bits per heavy atom. The van der Waals surface area contributed by atoms with Crippen molar-refractivity contribution in [2.45, 2.75) is 6.54 Å². The highest BCUT2D eigenvalue weighted by molar-refractivity contribution is 4.77. The molecule has 80 valence electrons. The second-order valence-corrected chi connectivity index (χ2v) is 3.19. The van der Waals surface area contributed by atoms with Crippen molar-refractivity contribution in [2.24, 2.45) is 11.5 Å². The van der Waals surface area contributed by atoms with E-state index >= 15 is 0 Å². The molecule has 0 saturated heterocycles. The van der Waals surface area contributed by atoms with Crippen LogP contribution in [0.5, 0.6) is 0 Å². The van der Waals surface area contributed by atoms with Crippen LogP contribution in [0, 0.1) is 0 Å². The van der Waals surface area contributed by atoms with Crippen LogP contribution in [0.1, 0.15) is 0 Å². The second-order valence-electron chi connectivity index (χ2n) is 3.19. The lowest BCUT2D eigenvalue weighted by molar-refractivity contribution is 0.272. The van der Waals surface area contributed by atoms with Gasteiger partial charge in [-0.1, -0.05) is 0 Å². The fourth-order valence-electron chi connectivity index (χ4n) is 1.38. The standard InChI is InChI=1S/C9H19N5/c10-2-6-13(7-3-11)8-9-14-5-1-4-12-14/h1,4-5H,2-3,6-11H2. The Bertz CT molecular complexity index is 215. The van der Waals surface area contributed by atoms with Gasteiger partial charge in [-0.05, 0) is 6.07 Å². The minimum atomic E-state index is 0.680. The normalized spacial score (nSPS) is 11.1. The van der Waals surface area contributed by atoms with Gasteiger partial charge in [0.2, 0.25) is 0 Å². The van der Waals surface area contributed by atoms with E-state index in [1.54, 1.807) is 6.20 Å². The lowest BCUT2D eigenvalue weighted by atomic mass is 10.4. The first-order valence-corrected chi connectivity index (χ1v) is 4.96. The Hall–Kier alpha value is -0.910. The summed E-state index contributed by atoms with van der Waals surface area (Å²) in [6.45, 7) is 5.01. The third-order valence-corrected chi connectivity index (χ3v) is 2.10. The SMILES string of the molecule is NCCN(CCN)CCn1cccn1. The van der Waals surface area contributed by atoms with E-state index in [0.29, 0.717) is 13.1 Å². The van der Waals surface area contributed by atoms with Gasteiger partial charge in [0.25, 0.3) is 0 Å².